The molecule has 2 heterocycles. The van der Waals surface area contributed by atoms with Crippen molar-refractivity contribution in [3.05, 3.63) is 48.8 Å². The molecule has 98 valence electrons. The fourth-order valence-corrected chi connectivity index (χ4v) is 2.45. The Morgan fingerprint density at radius 3 is 2.58 bits per heavy atom. The molecule has 0 atom stereocenters. The molecule has 0 saturated carbocycles. The molecule has 0 bridgehead atoms. The van der Waals surface area contributed by atoms with Crippen LogP contribution in [0.4, 0.5) is 0 Å². The van der Waals surface area contributed by atoms with Crippen LogP contribution < -0.4 is 0 Å². The Hall–Kier alpha value is -1.87. The SMILES string of the molecule is C=Cc1ccc(-c2cnn(C3CCOCC3)c2)cc1. The molecule has 1 aliphatic heterocycles. The third kappa shape index (κ3) is 2.61. The first-order valence-corrected chi connectivity index (χ1v) is 6.71. The monoisotopic (exact) mass is 254 g/mol. The van der Waals surface area contributed by atoms with E-state index in [1.54, 1.807) is 0 Å². The maximum atomic E-state index is 5.39. The largest absolute Gasteiger partial charge is 0.381 e. The van der Waals surface area contributed by atoms with E-state index in [-0.39, 0.29) is 0 Å². The molecular weight excluding hydrogens is 236 g/mol. The summed E-state index contributed by atoms with van der Waals surface area (Å²) < 4.78 is 7.47. The normalized spacial score (nSPS) is 16.4. The molecule has 2 aromatic rings. The summed E-state index contributed by atoms with van der Waals surface area (Å²) in [4.78, 5) is 0. The van der Waals surface area contributed by atoms with Gasteiger partial charge < -0.3 is 4.74 Å². The van der Waals surface area contributed by atoms with Gasteiger partial charge in [-0.25, -0.2) is 0 Å². The summed E-state index contributed by atoms with van der Waals surface area (Å²) in [6.45, 7) is 5.45. The van der Waals surface area contributed by atoms with Crippen LogP contribution in [-0.2, 0) is 4.74 Å². The molecule has 0 N–H and O–H groups in total. The van der Waals surface area contributed by atoms with Crippen molar-refractivity contribution in [1.29, 1.82) is 0 Å². The molecule has 0 radical (unpaired) electrons. The molecular formula is C16H18N2O. The number of rotatable bonds is 3. The summed E-state index contributed by atoms with van der Waals surface area (Å²) >= 11 is 0. The molecule has 0 amide bonds. The van der Waals surface area contributed by atoms with Gasteiger partial charge in [0.1, 0.15) is 0 Å². The zero-order valence-corrected chi connectivity index (χ0v) is 11.0. The van der Waals surface area contributed by atoms with Gasteiger partial charge in [-0.15, -0.1) is 0 Å². The van der Waals surface area contributed by atoms with Gasteiger partial charge in [0.15, 0.2) is 0 Å². The maximum Gasteiger partial charge on any atom is 0.0568 e. The van der Waals surface area contributed by atoms with Crippen LogP contribution in [0.15, 0.2) is 43.2 Å². The van der Waals surface area contributed by atoms with Gasteiger partial charge in [-0.3, -0.25) is 4.68 Å². The van der Waals surface area contributed by atoms with Gasteiger partial charge in [0, 0.05) is 25.0 Å². The average Bonchev–Trinajstić information content (AvgIpc) is 2.98. The second kappa shape index (κ2) is 5.41. The Labute approximate surface area is 113 Å². The molecule has 1 fully saturated rings. The lowest BCUT2D eigenvalue weighted by atomic mass is 10.1. The van der Waals surface area contributed by atoms with Crippen molar-refractivity contribution in [3.63, 3.8) is 0 Å². The van der Waals surface area contributed by atoms with E-state index < -0.39 is 0 Å². The quantitative estimate of drug-likeness (QED) is 0.837. The minimum atomic E-state index is 0.481. The Bertz CT molecular complexity index is 550. The summed E-state index contributed by atoms with van der Waals surface area (Å²) in [6.07, 6.45) is 8.04. The zero-order valence-electron chi connectivity index (χ0n) is 11.0. The van der Waals surface area contributed by atoms with Gasteiger partial charge in [0.05, 0.1) is 12.2 Å². The first-order valence-electron chi connectivity index (χ1n) is 6.71. The van der Waals surface area contributed by atoms with Crippen LogP contribution in [0.1, 0.15) is 24.4 Å². The highest BCUT2D eigenvalue weighted by Gasteiger charge is 2.16. The Morgan fingerprint density at radius 2 is 1.89 bits per heavy atom. The Morgan fingerprint density at radius 1 is 1.16 bits per heavy atom. The molecule has 1 saturated heterocycles. The van der Waals surface area contributed by atoms with Crippen molar-refractivity contribution in [1.82, 2.24) is 9.78 Å². The van der Waals surface area contributed by atoms with E-state index in [1.165, 1.54) is 11.1 Å². The van der Waals surface area contributed by atoms with Crippen molar-refractivity contribution in [2.24, 2.45) is 0 Å². The lowest BCUT2D eigenvalue weighted by Crippen LogP contribution is -2.19. The van der Waals surface area contributed by atoms with E-state index in [4.69, 9.17) is 4.74 Å². The Balaban J connectivity index is 1.81. The summed E-state index contributed by atoms with van der Waals surface area (Å²) in [5.74, 6) is 0. The van der Waals surface area contributed by atoms with Gasteiger partial charge >= 0.3 is 0 Å². The molecule has 19 heavy (non-hydrogen) atoms. The van der Waals surface area contributed by atoms with E-state index in [0.717, 1.165) is 31.6 Å². The van der Waals surface area contributed by atoms with Crippen molar-refractivity contribution < 1.29 is 4.74 Å². The van der Waals surface area contributed by atoms with Gasteiger partial charge in [-0.05, 0) is 24.0 Å². The molecule has 3 heteroatoms. The highest BCUT2D eigenvalue weighted by Crippen LogP contribution is 2.24. The van der Waals surface area contributed by atoms with E-state index in [1.807, 2.05) is 12.3 Å². The van der Waals surface area contributed by atoms with E-state index in [2.05, 4.69) is 46.8 Å². The molecule has 1 aromatic heterocycles. The lowest BCUT2D eigenvalue weighted by molar-refractivity contribution is 0.0662. The predicted octanol–water partition coefficient (Wildman–Crippen LogP) is 3.54. The van der Waals surface area contributed by atoms with E-state index in [0.29, 0.717) is 6.04 Å². The van der Waals surface area contributed by atoms with E-state index in [9.17, 15) is 0 Å². The first kappa shape index (κ1) is 12.2. The first-order chi connectivity index (χ1) is 9.36. The van der Waals surface area contributed by atoms with Crippen LogP contribution in [0.2, 0.25) is 0 Å². The fraction of sp³-hybridized carbons (Fsp3) is 0.312. The van der Waals surface area contributed by atoms with Crippen LogP contribution in [0.25, 0.3) is 17.2 Å². The summed E-state index contributed by atoms with van der Waals surface area (Å²) in [5, 5.41) is 4.50. The molecule has 1 aliphatic rings. The predicted molar refractivity (Wildman–Crippen MR) is 76.8 cm³/mol. The molecule has 3 rings (SSSR count). The summed E-state index contributed by atoms with van der Waals surface area (Å²) in [6, 6.07) is 8.86. The van der Waals surface area contributed by atoms with Gasteiger partial charge in [0.2, 0.25) is 0 Å². The topological polar surface area (TPSA) is 27.1 Å². The summed E-state index contributed by atoms with van der Waals surface area (Å²) in [7, 11) is 0. The van der Waals surface area contributed by atoms with Crippen LogP contribution in [-0.4, -0.2) is 23.0 Å². The van der Waals surface area contributed by atoms with Crippen LogP contribution in [0.3, 0.4) is 0 Å². The van der Waals surface area contributed by atoms with Crippen molar-refractivity contribution in [2.75, 3.05) is 13.2 Å². The number of benzene rings is 1. The lowest BCUT2D eigenvalue weighted by Gasteiger charge is -2.22. The standard InChI is InChI=1S/C16H18N2O/c1-2-13-3-5-14(6-4-13)15-11-17-18(12-15)16-7-9-19-10-8-16/h2-6,11-12,16H,1,7-10H2. The summed E-state index contributed by atoms with van der Waals surface area (Å²) in [5.41, 5.74) is 3.51. The van der Waals surface area contributed by atoms with Crippen LogP contribution in [0.5, 0.6) is 0 Å². The number of nitrogens with zero attached hydrogens (tertiary/aromatic N) is 2. The third-order valence-corrected chi connectivity index (χ3v) is 3.65. The minimum absolute atomic E-state index is 0.481. The molecule has 1 aromatic carbocycles. The smallest absolute Gasteiger partial charge is 0.0568 e. The van der Waals surface area contributed by atoms with Crippen LogP contribution >= 0.6 is 0 Å². The van der Waals surface area contributed by atoms with Crippen molar-refractivity contribution >= 4 is 6.08 Å². The van der Waals surface area contributed by atoms with Gasteiger partial charge in [-0.1, -0.05) is 36.9 Å². The fourth-order valence-electron chi connectivity index (χ4n) is 2.45. The highest BCUT2D eigenvalue weighted by molar-refractivity contribution is 5.64. The number of hydrogen-bond acceptors (Lipinski definition) is 2. The number of aromatic nitrogens is 2. The molecule has 0 unspecified atom stereocenters. The Kier molecular flexibility index (Phi) is 3.47. The average molecular weight is 254 g/mol. The second-order valence-corrected chi connectivity index (χ2v) is 4.88. The van der Waals surface area contributed by atoms with E-state index >= 15 is 0 Å². The van der Waals surface area contributed by atoms with Crippen molar-refractivity contribution in [2.45, 2.75) is 18.9 Å². The highest BCUT2D eigenvalue weighted by atomic mass is 16.5. The minimum Gasteiger partial charge on any atom is -0.381 e. The third-order valence-electron chi connectivity index (χ3n) is 3.65. The van der Waals surface area contributed by atoms with Crippen LogP contribution in [0, 0.1) is 0 Å². The zero-order chi connectivity index (χ0) is 13.1. The van der Waals surface area contributed by atoms with Crippen molar-refractivity contribution in [3.8, 4) is 11.1 Å². The van der Waals surface area contributed by atoms with Gasteiger partial charge in [-0.2, -0.15) is 5.10 Å². The number of hydrogen-bond donors (Lipinski definition) is 0. The molecule has 3 nitrogen and oxygen atoms in total. The molecule has 0 aliphatic carbocycles. The molecule has 0 spiro atoms. The second-order valence-electron chi connectivity index (χ2n) is 4.88. The number of ether oxygens (including phenoxy) is 1. The van der Waals surface area contributed by atoms with Gasteiger partial charge in [0.25, 0.3) is 0 Å². The maximum absolute atomic E-state index is 5.39.